The van der Waals surface area contributed by atoms with Gasteiger partial charge in [0.2, 0.25) is 0 Å². The number of carbonyl (C=O) groups excluding carboxylic acids is 1. The van der Waals surface area contributed by atoms with Crippen molar-refractivity contribution in [2.45, 2.75) is 52.0 Å². The first-order valence-corrected chi connectivity index (χ1v) is 6.05. The van der Waals surface area contributed by atoms with Crippen molar-refractivity contribution in [3.63, 3.8) is 0 Å². The van der Waals surface area contributed by atoms with E-state index in [9.17, 15) is 4.79 Å². The minimum Gasteiger partial charge on any atom is -0.314 e. The average Bonchev–Trinajstić information content (AvgIpc) is 2.64. The highest BCUT2D eigenvalue weighted by atomic mass is 16.1. The number of nitrogens with one attached hydrogen (secondary N) is 1. The molecule has 0 aromatic rings. The van der Waals surface area contributed by atoms with Crippen molar-refractivity contribution >= 4 is 5.78 Å². The maximum atomic E-state index is 11.8. The molecule has 2 aliphatic rings. The van der Waals surface area contributed by atoms with E-state index >= 15 is 0 Å². The van der Waals surface area contributed by atoms with Gasteiger partial charge in [-0.15, -0.1) is 0 Å². The van der Waals surface area contributed by atoms with Crippen molar-refractivity contribution in [1.29, 1.82) is 0 Å². The topological polar surface area (TPSA) is 29.1 Å². The van der Waals surface area contributed by atoms with Crippen molar-refractivity contribution in [3.8, 4) is 0 Å². The van der Waals surface area contributed by atoms with Gasteiger partial charge in [-0.05, 0) is 43.2 Å². The average molecular weight is 207 g/mol. The molecule has 0 bridgehead atoms. The highest BCUT2D eigenvalue weighted by Crippen LogP contribution is 2.33. The molecule has 0 radical (unpaired) electrons. The lowest BCUT2D eigenvalue weighted by Crippen LogP contribution is -2.27. The van der Waals surface area contributed by atoms with Crippen LogP contribution in [-0.2, 0) is 4.79 Å². The summed E-state index contributed by atoms with van der Waals surface area (Å²) in [6.07, 6.45) is 7.39. The molecular formula is C13H21NO. The number of hydrogen-bond donors (Lipinski definition) is 1. The van der Waals surface area contributed by atoms with Crippen LogP contribution in [0, 0.1) is 5.41 Å². The van der Waals surface area contributed by atoms with Gasteiger partial charge in [0, 0.05) is 12.5 Å². The van der Waals surface area contributed by atoms with Crippen LogP contribution in [0.25, 0.3) is 0 Å². The first-order valence-electron chi connectivity index (χ1n) is 6.05. The maximum Gasteiger partial charge on any atom is 0.158 e. The van der Waals surface area contributed by atoms with E-state index < -0.39 is 0 Å². The molecule has 0 saturated carbocycles. The van der Waals surface area contributed by atoms with Crippen molar-refractivity contribution in [2.75, 3.05) is 6.54 Å². The second kappa shape index (κ2) is 4.09. The van der Waals surface area contributed by atoms with Crippen LogP contribution in [0.2, 0.25) is 0 Å². The van der Waals surface area contributed by atoms with Crippen LogP contribution >= 0.6 is 0 Å². The van der Waals surface area contributed by atoms with Crippen LogP contribution in [0.3, 0.4) is 0 Å². The molecule has 84 valence electrons. The standard InChI is InChI=1S/C13H21NO/c1-13(2)6-5-12(15)10(9-13)8-11-4-3-7-14-11/h9,11,14H,3-8H2,1-2H3. The molecule has 0 aromatic heterocycles. The van der Waals surface area contributed by atoms with Gasteiger partial charge in [-0.1, -0.05) is 19.9 Å². The minimum absolute atomic E-state index is 0.224. The minimum atomic E-state index is 0.224. The van der Waals surface area contributed by atoms with Crippen LogP contribution < -0.4 is 5.32 Å². The summed E-state index contributed by atoms with van der Waals surface area (Å²) >= 11 is 0. The molecule has 1 N–H and O–H groups in total. The van der Waals surface area contributed by atoms with Crippen LogP contribution in [-0.4, -0.2) is 18.4 Å². The van der Waals surface area contributed by atoms with E-state index in [1.54, 1.807) is 0 Å². The summed E-state index contributed by atoms with van der Waals surface area (Å²) in [6.45, 7) is 5.57. The Kier molecular flexibility index (Phi) is 2.96. The Balaban J connectivity index is 2.04. The molecule has 1 atom stereocenters. The van der Waals surface area contributed by atoms with Crippen molar-refractivity contribution in [2.24, 2.45) is 5.41 Å². The second-order valence-corrected chi connectivity index (χ2v) is 5.58. The third-order valence-electron chi connectivity index (χ3n) is 3.55. The molecule has 2 rings (SSSR count). The lowest BCUT2D eigenvalue weighted by Gasteiger charge is -2.27. The zero-order chi connectivity index (χ0) is 10.9. The van der Waals surface area contributed by atoms with Gasteiger partial charge in [-0.2, -0.15) is 0 Å². The number of rotatable bonds is 2. The largest absolute Gasteiger partial charge is 0.314 e. The van der Waals surface area contributed by atoms with Gasteiger partial charge in [0.25, 0.3) is 0 Å². The van der Waals surface area contributed by atoms with Gasteiger partial charge in [-0.3, -0.25) is 4.79 Å². The fraction of sp³-hybridized carbons (Fsp3) is 0.769. The number of allylic oxidation sites excluding steroid dienone is 1. The Hall–Kier alpha value is -0.630. The normalized spacial score (nSPS) is 30.4. The summed E-state index contributed by atoms with van der Waals surface area (Å²) in [6, 6.07) is 0.550. The summed E-state index contributed by atoms with van der Waals surface area (Å²) in [4.78, 5) is 11.8. The molecule has 1 aliphatic heterocycles. The molecule has 15 heavy (non-hydrogen) atoms. The molecule has 1 fully saturated rings. The Bertz CT molecular complexity index is 285. The highest BCUT2D eigenvalue weighted by molar-refractivity contribution is 5.96. The maximum absolute atomic E-state index is 11.8. The third-order valence-corrected chi connectivity index (χ3v) is 3.55. The van der Waals surface area contributed by atoms with Gasteiger partial charge < -0.3 is 5.32 Å². The molecule has 2 nitrogen and oxygen atoms in total. The van der Waals surface area contributed by atoms with Crippen molar-refractivity contribution < 1.29 is 4.79 Å². The van der Waals surface area contributed by atoms with Gasteiger partial charge in [0.1, 0.15) is 0 Å². The summed E-state index contributed by atoms with van der Waals surface area (Å²) in [5.74, 6) is 0.378. The predicted molar refractivity (Wildman–Crippen MR) is 61.7 cm³/mol. The fourth-order valence-electron chi connectivity index (χ4n) is 2.59. The van der Waals surface area contributed by atoms with Gasteiger partial charge in [0.15, 0.2) is 5.78 Å². The third kappa shape index (κ3) is 2.69. The summed E-state index contributed by atoms with van der Waals surface area (Å²) in [5, 5.41) is 3.46. The Labute approximate surface area is 92.1 Å². The fourth-order valence-corrected chi connectivity index (χ4v) is 2.59. The predicted octanol–water partition coefficient (Wildman–Crippen LogP) is 2.44. The molecular weight excluding hydrogens is 186 g/mol. The van der Waals surface area contributed by atoms with Gasteiger partial charge >= 0.3 is 0 Å². The molecule has 0 amide bonds. The first-order chi connectivity index (χ1) is 7.07. The smallest absolute Gasteiger partial charge is 0.158 e. The van der Waals surface area contributed by atoms with E-state index in [-0.39, 0.29) is 5.41 Å². The second-order valence-electron chi connectivity index (χ2n) is 5.58. The van der Waals surface area contributed by atoms with E-state index in [0.717, 1.165) is 31.4 Å². The van der Waals surface area contributed by atoms with Gasteiger partial charge in [-0.25, -0.2) is 0 Å². The number of hydrogen-bond acceptors (Lipinski definition) is 2. The molecule has 1 aliphatic carbocycles. The lowest BCUT2D eigenvalue weighted by molar-refractivity contribution is -0.116. The van der Waals surface area contributed by atoms with Crippen molar-refractivity contribution in [3.05, 3.63) is 11.6 Å². The van der Waals surface area contributed by atoms with E-state index in [1.807, 2.05) is 0 Å². The van der Waals surface area contributed by atoms with Crippen LogP contribution in [0.4, 0.5) is 0 Å². The number of Topliss-reactive ketones (excluding diaryl/α,β-unsaturated/α-hetero) is 1. The first kappa shape index (κ1) is 10.9. The van der Waals surface area contributed by atoms with Gasteiger partial charge in [0.05, 0.1) is 0 Å². The molecule has 1 unspecified atom stereocenters. The van der Waals surface area contributed by atoms with E-state index in [1.165, 1.54) is 12.8 Å². The molecule has 0 aromatic carbocycles. The summed E-state index contributed by atoms with van der Waals surface area (Å²) in [5.41, 5.74) is 1.30. The molecule has 1 saturated heterocycles. The monoisotopic (exact) mass is 207 g/mol. The lowest BCUT2D eigenvalue weighted by atomic mass is 9.77. The Morgan fingerprint density at radius 1 is 1.53 bits per heavy atom. The quantitative estimate of drug-likeness (QED) is 0.753. The molecule has 2 heteroatoms. The van der Waals surface area contributed by atoms with E-state index in [0.29, 0.717) is 11.8 Å². The SMILES string of the molecule is CC1(C)C=C(CC2CCCN2)C(=O)CC1. The Morgan fingerprint density at radius 2 is 2.33 bits per heavy atom. The summed E-state index contributed by atoms with van der Waals surface area (Å²) < 4.78 is 0. The molecule has 0 spiro atoms. The number of ketones is 1. The van der Waals surface area contributed by atoms with Crippen LogP contribution in [0.5, 0.6) is 0 Å². The van der Waals surface area contributed by atoms with E-state index in [2.05, 4.69) is 25.2 Å². The summed E-state index contributed by atoms with van der Waals surface area (Å²) in [7, 11) is 0. The number of carbonyl (C=O) groups is 1. The zero-order valence-electron chi connectivity index (χ0n) is 9.81. The van der Waals surface area contributed by atoms with Crippen molar-refractivity contribution in [1.82, 2.24) is 5.32 Å². The van der Waals surface area contributed by atoms with Crippen LogP contribution in [0.1, 0.15) is 46.0 Å². The molecule has 1 heterocycles. The highest BCUT2D eigenvalue weighted by Gasteiger charge is 2.27. The van der Waals surface area contributed by atoms with E-state index in [4.69, 9.17) is 0 Å². The Morgan fingerprint density at radius 3 is 3.00 bits per heavy atom. The zero-order valence-corrected chi connectivity index (χ0v) is 9.81. The van der Waals surface area contributed by atoms with Crippen LogP contribution in [0.15, 0.2) is 11.6 Å².